The molecule has 0 unspecified atom stereocenters. The van der Waals surface area contributed by atoms with Crippen molar-refractivity contribution in [3.05, 3.63) is 36.0 Å². The maximum atomic E-state index is 10.7. The molecule has 0 saturated heterocycles. The summed E-state index contributed by atoms with van der Waals surface area (Å²) >= 11 is 0. The molecule has 3 N–H and O–H groups in total. The first kappa shape index (κ1) is 15.6. The normalized spacial score (nSPS) is 9.65. The van der Waals surface area contributed by atoms with E-state index in [1.807, 2.05) is 0 Å². The second-order valence-corrected chi connectivity index (χ2v) is 4.04. The maximum Gasteiger partial charge on any atom is 0.344 e. The van der Waals surface area contributed by atoms with E-state index in [1.54, 1.807) is 24.3 Å². The second kappa shape index (κ2) is 7.83. The summed E-state index contributed by atoms with van der Waals surface area (Å²) in [4.78, 5) is 21.3. The molecule has 0 amide bonds. The fraction of sp³-hybridized carbons (Fsp3) is 0.286. The molecule has 0 fully saturated rings. The predicted molar refractivity (Wildman–Crippen MR) is 73.8 cm³/mol. The number of carbonyl (C=O) groups is 2. The van der Waals surface area contributed by atoms with E-state index in [9.17, 15) is 9.59 Å². The van der Waals surface area contributed by atoms with Crippen LogP contribution in [0.4, 0.5) is 5.69 Å². The average Bonchev–Trinajstić information content (AvgIpc) is 2.40. The van der Waals surface area contributed by atoms with Crippen LogP contribution in [0, 0.1) is 0 Å². The maximum absolute atomic E-state index is 10.7. The summed E-state index contributed by atoms with van der Waals surface area (Å²) in [5.74, 6) is -2.28. The van der Waals surface area contributed by atoms with E-state index >= 15 is 0 Å². The minimum Gasteiger partial charge on any atom is -0.494 e. The molecule has 0 saturated carbocycles. The van der Waals surface area contributed by atoms with Gasteiger partial charge in [0.2, 0.25) is 0 Å². The zero-order valence-corrected chi connectivity index (χ0v) is 11.1. The fourth-order valence-electron chi connectivity index (χ4n) is 1.35. The molecule has 1 aromatic carbocycles. The molecule has 20 heavy (non-hydrogen) atoms. The molecular formula is C14H17NO5. The van der Waals surface area contributed by atoms with Crippen LogP contribution in [-0.4, -0.2) is 28.8 Å². The van der Waals surface area contributed by atoms with Crippen molar-refractivity contribution >= 4 is 17.6 Å². The Balaban J connectivity index is 2.63. The predicted octanol–water partition coefficient (Wildman–Crippen LogP) is 2.33. The second-order valence-electron chi connectivity index (χ2n) is 4.04. The summed E-state index contributed by atoms with van der Waals surface area (Å²) in [6.07, 6.45) is 2.97. The minimum atomic E-state index is -1.50. The Kier molecular flexibility index (Phi) is 6.09. The molecule has 0 bridgehead atoms. The van der Waals surface area contributed by atoms with Crippen molar-refractivity contribution in [3.63, 3.8) is 0 Å². The van der Waals surface area contributed by atoms with E-state index in [2.05, 4.69) is 12.2 Å². The largest absolute Gasteiger partial charge is 0.494 e. The van der Waals surface area contributed by atoms with Gasteiger partial charge in [0.15, 0.2) is 5.57 Å². The van der Waals surface area contributed by atoms with E-state index in [0.717, 1.165) is 19.0 Å². The summed E-state index contributed by atoms with van der Waals surface area (Å²) < 4.78 is 5.47. The highest BCUT2D eigenvalue weighted by molar-refractivity contribution is 6.12. The number of anilines is 1. The van der Waals surface area contributed by atoms with Gasteiger partial charge in [-0.2, -0.15) is 0 Å². The first-order valence-electron chi connectivity index (χ1n) is 6.20. The molecule has 0 aliphatic carbocycles. The van der Waals surface area contributed by atoms with Gasteiger partial charge in [0, 0.05) is 11.9 Å². The topological polar surface area (TPSA) is 95.9 Å². The Morgan fingerprint density at radius 3 is 2.30 bits per heavy atom. The summed E-state index contributed by atoms with van der Waals surface area (Å²) in [7, 11) is 0. The summed E-state index contributed by atoms with van der Waals surface area (Å²) in [6, 6.07) is 6.82. The van der Waals surface area contributed by atoms with Gasteiger partial charge in [-0.05, 0) is 30.7 Å². The lowest BCUT2D eigenvalue weighted by molar-refractivity contribution is -0.140. The number of unbranched alkanes of at least 4 members (excludes halogenated alkanes) is 1. The van der Waals surface area contributed by atoms with Crippen LogP contribution in [0.3, 0.4) is 0 Å². The number of hydrogen-bond acceptors (Lipinski definition) is 4. The van der Waals surface area contributed by atoms with Crippen molar-refractivity contribution in [1.29, 1.82) is 0 Å². The molecule has 0 spiro atoms. The third-order valence-corrected chi connectivity index (χ3v) is 2.46. The number of aliphatic carboxylic acids is 2. The molecule has 0 aliphatic heterocycles. The molecule has 1 aromatic rings. The van der Waals surface area contributed by atoms with Gasteiger partial charge in [-0.15, -0.1) is 0 Å². The molecule has 1 rings (SSSR count). The van der Waals surface area contributed by atoms with Crippen LogP contribution in [0.5, 0.6) is 5.75 Å². The van der Waals surface area contributed by atoms with Crippen LogP contribution in [0.2, 0.25) is 0 Å². The highest BCUT2D eigenvalue weighted by Crippen LogP contribution is 2.16. The molecular weight excluding hydrogens is 262 g/mol. The van der Waals surface area contributed by atoms with Crippen LogP contribution < -0.4 is 10.1 Å². The summed E-state index contributed by atoms with van der Waals surface area (Å²) in [5.41, 5.74) is -0.152. The van der Waals surface area contributed by atoms with E-state index in [4.69, 9.17) is 14.9 Å². The Bertz CT molecular complexity index is 477. The molecule has 0 heterocycles. The zero-order valence-electron chi connectivity index (χ0n) is 11.1. The van der Waals surface area contributed by atoms with Gasteiger partial charge in [0.05, 0.1) is 6.61 Å². The highest BCUT2D eigenvalue weighted by atomic mass is 16.5. The molecule has 6 nitrogen and oxygen atoms in total. The number of benzene rings is 1. The number of hydrogen-bond donors (Lipinski definition) is 3. The van der Waals surface area contributed by atoms with Crippen molar-refractivity contribution in [2.45, 2.75) is 19.8 Å². The Labute approximate surface area is 116 Å². The number of carboxylic acids is 2. The lowest BCUT2D eigenvalue weighted by Crippen LogP contribution is -2.12. The van der Waals surface area contributed by atoms with E-state index in [0.29, 0.717) is 18.0 Å². The lowest BCUT2D eigenvalue weighted by Gasteiger charge is -2.06. The quantitative estimate of drug-likeness (QED) is 0.292. The molecule has 6 heteroatoms. The van der Waals surface area contributed by atoms with Crippen LogP contribution in [0.1, 0.15) is 19.8 Å². The lowest BCUT2D eigenvalue weighted by atomic mass is 10.2. The Morgan fingerprint density at radius 2 is 1.80 bits per heavy atom. The third-order valence-electron chi connectivity index (χ3n) is 2.46. The van der Waals surface area contributed by atoms with Gasteiger partial charge in [0.25, 0.3) is 0 Å². The molecule has 0 aromatic heterocycles. The van der Waals surface area contributed by atoms with E-state index < -0.39 is 17.5 Å². The van der Waals surface area contributed by atoms with Crippen LogP contribution in [0.25, 0.3) is 0 Å². The summed E-state index contributed by atoms with van der Waals surface area (Å²) in [5, 5.41) is 20.0. The van der Waals surface area contributed by atoms with E-state index in [1.165, 1.54) is 0 Å². The van der Waals surface area contributed by atoms with Crippen molar-refractivity contribution in [2.24, 2.45) is 0 Å². The first-order valence-corrected chi connectivity index (χ1v) is 6.20. The Morgan fingerprint density at radius 1 is 1.20 bits per heavy atom. The third kappa shape index (κ3) is 5.01. The van der Waals surface area contributed by atoms with Gasteiger partial charge in [-0.1, -0.05) is 13.3 Å². The molecule has 0 atom stereocenters. The number of ether oxygens (including phenoxy) is 1. The molecule has 108 valence electrons. The van der Waals surface area contributed by atoms with Crippen molar-refractivity contribution in [1.82, 2.24) is 0 Å². The zero-order chi connectivity index (χ0) is 15.0. The fourth-order valence-corrected chi connectivity index (χ4v) is 1.35. The standard InChI is InChI=1S/C14H17NO5/c1-2-3-8-20-11-6-4-10(5-7-11)15-9-12(13(16)17)14(18)19/h4-7,9,15H,2-3,8H2,1H3,(H,16,17)(H,18,19). The Hall–Kier alpha value is -2.50. The SMILES string of the molecule is CCCCOc1ccc(NC=C(C(=O)O)C(=O)O)cc1. The first-order chi connectivity index (χ1) is 9.54. The van der Waals surface area contributed by atoms with Gasteiger partial charge in [-0.3, -0.25) is 0 Å². The molecule has 0 aliphatic rings. The van der Waals surface area contributed by atoms with Gasteiger partial charge in [-0.25, -0.2) is 9.59 Å². The van der Waals surface area contributed by atoms with Crippen molar-refractivity contribution < 1.29 is 24.5 Å². The average molecular weight is 279 g/mol. The van der Waals surface area contributed by atoms with Crippen LogP contribution in [-0.2, 0) is 9.59 Å². The van der Waals surface area contributed by atoms with Crippen LogP contribution in [0.15, 0.2) is 36.0 Å². The number of carboxylic acid groups (broad SMARTS) is 2. The number of nitrogens with one attached hydrogen (secondary N) is 1. The van der Waals surface area contributed by atoms with Gasteiger partial charge >= 0.3 is 11.9 Å². The number of rotatable bonds is 8. The van der Waals surface area contributed by atoms with Crippen molar-refractivity contribution in [2.75, 3.05) is 11.9 Å². The van der Waals surface area contributed by atoms with Crippen LogP contribution >= 0.6 is 0 Å². The van der Waals surface area contributed by atoms with E-state index in [-0.39, 0.29) is 0 Å². The molecule has 0 radical (unpaired) electrons. The monoisotopic (exact) mass is 279 g/mol. The highest BCUT2D eigenvalue weighted by Gasteiger charge is 2.15. The van der Waals surface area contributed by atoms with Gasteiger partial charge < -0.3 is 20.3 Å². The minimum absolute atomic E-state index is 0.577. The smallest absolute Gasteiger partial charge is 0.344 e. The summed E-state index contributed by atoms with van der Waals surface area (Å²) in [6.45, 7) is 2.72. The van der Waals surface area contributed by atoms with Gasteiger partial charge in [0.1, 0.15) is 5.75 Å². The van der Waals surface area contributed by atoms with Crippen molar-refractivity contribution in [3.8, 4) is 5.75 Å².